The molecule has 29 heavy (non-hydrogen) atoms. The average Bonchev–Trinajstić information content (AvgIpc) is 3.31. The maximum atomic E-state index is 13.6. The van der Waals surface area contributed by atoms with E-state index in [0.717, 1.165) is 22.3 Å². The molecule has 0 aliphatic carbocycles. The molecule has 150 valence electrons. The van der Waals surface area contributed by atoms with E-state index in [1.807, 2.05) is 0 Å². The van der Waals surface area contributed by atoms with Gasteiger partial charge in [-0.15, -0.1) is 11.3 Å². The van der Waals surface area contributed by atoms with E-state index in [4.69, 9.17) is 10.2 Å². The van der Waals surface area contributed by atoms with E-state index in [0.29, 0.717) is 15.4 Å². The molecule has 3 aromatic rings. The zero-order valence-electron chi connectivity index (χ0n) is 15.6. The first-order valence-corrected chi connectivity index (χ1v) is 9.37. The molecule has 0 fully saturated rings. The Balaban J connectivity index is 1.84. The quantitative estimate of drug-likeness (QED) is 0.644. The van der Waals surface area contributed by atoms with Crippen molar-refractivity contribution >= 4 is 34.1 Å². The number of nitrogens with one attached hydrogen (secondary N) is 1. The lowest BCUT2D eigenvalue weighted by Gasteiger charge is -2.26. The second kappa shape index (κ2) is 8.27. The summed E-state index contributed by atoms with van der Waals surface area (Å²) in [6.45, 7) is 1.71. The van der Waals surface area contributed by atoms with Crippen LogP contribution in [0, 0.1) is 12.7 Å². The Kier molecular flexibility index (Phi) is 5.79. The molecule has 0 saturated heterocycles. The van der Waals surface area contributed by atoms with Crippen LogP contribution in [-0.2, 0) is 4.79 Å². The highest BCUT2D eigenvalue weighted by atomic mass is 32.1. The lowest BCUT2D eigenvalue weighted by molar-refractivity contribution is -0.122. The third kappa shape index (κ3) is 4.35. The molecule has 0 radical (unpaired) electrons. The minimum absolute atomic E-state index is 0.140. The zero-order chi connectivity index (χ0) is 21.1. The van der Waals surface area contributed by atoms with Crippen molar-refractivity contribution in [1.82, 2.24) is 4.90 Å². The number of hydrogen-bond acceptors (Lipinski definition) is 5. The van der Waals surface area contributed by atoms with Gasteiger partial charge in [0.15, 0.2) is 5.76 Å². The van der Waals surface area contributed by atoms with Crippen molar-refractivity contribution < 1.29 is 23.2 Å². The monoisotopic (exact) mass is 415 g/mol. The van der Waals surface area contributed by atoms with E-state index in [-0.39, 0.29) is 11.3 Å². The van der Waals surface area contributed by atoms with Crippen molar-refractivity contribution in [3.63, 3.8) is 0 Å². The molecular weight excluding hydrogens is 397 g/mol. The number of amides is 3. The maximum absolute atomic E-state index is 13.6. The van der Waals surface area contributed by atoms with E-state index < -0.39 is 29.6 Å². The third-order valence-corrected chi connectivity index (χ3v) is 5.38. The molecule has 3 N–H and O–H groups in total. The van der Waals surface area contributed by atoms with Crippen LogP contribution in [0.2, 0.25) is 0 Å². The van der Waals surface area contributed by atoms with Crippen LogP contribution in [0.25, 0.3) is 0 Å². The Labute approximate surface area is 169 Å². The number of hydrogen-bond donors (Lipinski definition) is 2. The molecule has 3 rings (SSSR count). The van der Waals surface area contributed by atoms with Gasteiger partial charge >= 0.3 is 0 Å². The molecule has 0 bridgehead atoms. The van der Waals surface area contributed by atoms with Crippen LogP contribution in [0.3, 0.4) is 0 Å². The molecule has 7 nitrogen and oxygen atoms in total. The van der Waals surface area contributed by atoms with Crippen LogP contribution >= 0.6 is 11.3 Å². The van der Waals surface area contributed by atoms with Crippen molar-refractivity contribution in [3.05, 3.63) is 76.3 Å². The van der Waals surface area contributed by atoms with Crippen LogP contribution in [0.5, 0.6) is 0 Å². The number of nitrogens with zero attached hydrogens (tertiary/aromatic N) is 1. The summed E-state index contributed by atoms with van der Waals surface area (Å²) in [5.41, 5.74) is 6.37. The minimum atomic E-state index is -1.14. The number of carbonyl (C=O) groups excluding carboxylic acids is 3. The van der Waals surface area contributed by atoms with Crippen molar-refractivity contribution in [2.75, 3.05) is 12.4 Å². The van der Waals surface area contributed by atoms with Crippen LogP contribution in [0.15, 0.2) is 53.1 Å². The van der Waals surface area contributed by atoms with Gasteiger partial charge < -0.3 is 20.4 Å². The van der Waals surface area contributed by atoms with Crippen molar-refractivity contribution in [2.24, 2.45) is 5.73 Å². The van der Waals surface area contributed by atoms with Crippen LogP contribution in [0.4, 0.5) is 9.39 Å². The predicted molar refractivity (Wildman–Crippen MR) is 106 cm³/mol. The van der Waals surface area contributed by atoms with Gasteiger partial charge in [0.2, 0.25) is 5.91 Å². The normalized spacial score (nSPS) is 11.7. The van der Waals surface area contributed by atoms with Gasteiger partial charge in [0.25, 0.3) is 11.8 Å². The SMILES string of the molecule is Cc1cc(NC(=O)c2ccco2)sc1C(=O)N(C)C(C(N)=O)c1cccc(F)c1. The Morgan fingerprint density at radius 2 is 1.97 bits per heavy atom. The highest BCUT2D eigenvalue weighted by Gasteiger charge is 2.29. The Morgan fingerprint density at radius 1 is 1.21 bits per heavy atom. The van der Waals surface area contributed by atoms with Crippen LogP contribution in [0.1, 0.15) is 37.4 Å². The summed E-state index contributed by atoms with van der Waals surface area (Å²) in [5, 5.41) is 3.11. The fraction of sp³-hybridized carbons (Fsp3) is 0.150. The number of nitrogens with two attached hydrogens (primary N) is 1. The lowest BCUT2D eigenvalue weighted by atomic mass is 10.0. The van der Waals surface area contributed by atoms with E-state index in [2.05, 4.69) is 5.32 Å². The molecule has 0 saturated carbocycles. The number of benzene rings is 1. The first-order valence-electron chi connectivity index (χ1n) is 8.55. The molecule has 2 aromatic heterocycles. The molecule has 3 amide bonds. The number of primary amides is 1. The number of aryl methyl sites for hydroxylation is 1. The molecular formula is C20H18FN3O4S. The van der Waals surface area contributed by atoms with E-state index >= 15 is 0 Å². The smallest absolute Gasteiger partial charge is 0.291 e. The van der Waals surface area contributed by atoms with Crippen LogP contribution in [-0.4, -0.2) is 29.7 Å². The summed E-state index contributed by atoms with van der Waals surface area (Å²) in [6.07, 6.45) is 1.38. The topological polar surface area (TPSA) is 106 Å². The number of halogens is 1. The standard InChI is InChI=1S/C20H18FN3O4S/c1-11-9-15(23-19(26)14-7-4-8-28-14)29-17(11)20(27)24(2)16(18(22)25)12-5-3-6-13(21)10-12/h3-10,16H,1-2H3,(H2,22,25)(H,23,26). The van der Waals surface area contributed by atoms with Gasteiger partial charge in [-0.1, -0.05) is 12.1 Å². The summed E-state index contributed by atoms with van der Waals surface area (Å²) < 4.78 is 18.6. The highest BCUT2D eigenvalue weighted by Crippen LogP contribution is 2.30. The molecule has 0 aliphatic rings. The molecule has 1 aromatic carbocycles. The molecule has 2 heterocycles. The molecule has 1 unspecified atom stereocenters. The van der Waals surface area contributed by atoms with Gasteiger partial charge in [-0.3, -0.25) is 14.4 Å². The summed E-state index contributed by atoms with van der Waals surface area (Å²) in [4.78, 5) is 38.6. The molecule has 0 spiro atoms. The van der Waals surface area contributed by atoms with Gasteiger partial charge in [0.1, 0.15) is 11.9 Å². The third-order valence-electron chi connectivity index (χ3n) is 4.24. The van der Waals surface area contributed by atoms with Gasteiger partial charge in [-0.25, -0.2) is 4.39 Å². The number of rotatable bonds is 6. The fourth-order valence-corrected chi connectivity index (χ4v) is 3.92. The number of anilines is 1. The van der Waals surface area contributed by atoms with Gasteiger partial charge in [0.05, 0.1) is 16.1 Å². The highest BCUT2D eigenvalue weighted by molar-refractivity contribution is 7.18. The lowest BCUT2D eigenvalue weighted by Crippen LogP contribution is -2.39. The summed E-state index contributed by atoms with van der Waals surface area (Å²) >= 11 is 1.06. The van der Waals surface area contributed by atoms with Crippen molar-refractivity contribution in [1.29, 1.82) is 0 Å². The number of furan rings is 1. The second-order valence-electron chi connectivity index (χ2n) is 6.33. The Bertz CT molecular complexity index is 1060. The first kappa shape index (κ1) is 20.3. The van der Waals surface area contributed by atoms with Crippen molar-refractivity contribution in [2.45, 2.75) is 13.0 Å². The van der Waals surface area contributed by atoms with E-state index in [9.17, 15) is 18.8 Å². The maximum Gasteiger partial charge on any atom is 0.291 e. The van der Waals surface area contributed by atoms with Gasteiger partial charge in [-0.05, 0) is 48.4 Å². The molecule has 0 aliphatic heterocycles. The molecule has 9 heteroatoms. The predicted octanol–water partition coefficient (Wildman–Crippen LogP) is 3.34. The fourth-order valence-electron chi connectivity index (χ4n) is 2.87. The van der Waals surface area contributed by atoms with Crippen LogP contribution < -0.4 is 11.1 Å². The summed E-state index contributed by atoms with van der Waals surface area (Å²) in [5.74, 6) is -2.10. The Morgan fingerprint density at radius 3 is 2.59 bits per heavy atom. The number of likely N-dealkylation sites (N-methyl/N-ethyl adjacent to an activating group) is 1. The number of thiophene rings is 1. The average molecular weight is 415 g/mol. The largest absolute Gasteiger partial charge is 0.459 e. The Hall–Kier alpha value is -3.46. The second-order valence-corrected chi connectivity index (χ2v) is 7.38. The van der Waals surface area contributed by atoms with Gasteiger partial charge in [-0.2, -0.15) is 0 Å². The first-order chi connectivity index (χ1) is 13.8. The summed E-state index contributed by atoms with van der Waals surface area (Å²) in [7, 11) is 1.42. The summed E-state index contributed by atoms with van der Waals surface area (Å²) in [6, 6.07) is 8.99. The number of carbonyl (C=O) groups is 3. The minimum Gasteiger partial charge on any atom is -0.459 e. The molecule has 1 atom stereocenters. The van der Waals surface area contributed by atoms with E-state index in [1.54, 1.807) is 19.1 Å². The zero-order valence-corrected chi connectivity index (χ0v) is 16.5. The van der Waals surface area contributed by atoms with Gasteiger partial charge in [0, 0.05) is 7.05 Å². The van der Waals surface area contributed by atoms with Crippen molar-refractivity contribution in [3.8, 4) is 0 Å². The van der Waals surface area contributed by atoms with E-state index in [1.165, 1.54) is 37.6 Å².